The van der Waals surface area contributed by atoms with Crippen LogP contribution in [0, 0.1) is 0 Å². The molecular formula is C15H17ClN4S. The van der Waals surface area contributed by atoms with Crippen molar-refractivity contribution in [3.63, 3.8) is 0 Å². The van der Waals surface area contributed by atoms with Crippen molar-refractivity contribution in [3.8, 4) is 0 Å². The van der Waals surface area contributed by atoms with Gasteiger partial charge in [-0.05, 0) is 36.9 Å². The molecule has 0 unspecified atom stereocenters. The number of aryl methyl sites for hydroxylation is 1. The van der Waals surface area contributed by atoms with Crippen molar-refractivity contribution in [1.82, 2.24) is 14.5 Å². The largest absolute Gasteiger partial charge is 0.330 e. The van der Waals surface area contributed by atoms with Gasteiger partial charge in [-0.3, -0.25) is 0 Å². The van der Waals surface area contributed by atoms with Crippen molar-refractivity contribution in [2.45, 2.75) is 25.8 Å². The van der Waals surface area contributed by atoms with Crippen molar-refractivity contribution >= 4 is 34.1 Å². The van der Waals surface area contributed by atoms with Crippen LogP contribution < -0.4 is 5.73 Å². The molecule has 4 nitrogen and oxygen atoms in total. The summed E-state index contributed by atoms with van der Waals surface area (Å²) < 4.78 is 2.20. The summed E-state index contributed by atoms with van der Waals surface area (Å²) in [5.41, 5.74) is 7.36. The van der Waals surface area contributed by atoms with Crippen molar-refractivity contribution in [1.29, 1.82) is 0 Å². The lowest BCUT2D eigenvalue weighted by molar-refractivity contribution is 0.605. The first-order valence-corrected chi connectivity index (χ1v) is 8.27. The number of imidazole rings is 1. The fourth-order valence-electron chi connectivity index (χ4n) is 2.39. The maximum Gasteiger partial charge on any atom is 0.160 e. The van der Waals surface area contributed by atoms with Gasteiger partial charge in [-0.15, -0.1) is 11.3 Å². The molecule has 3 rings (SSSR count). The van der Waals surface area contributed by atoms with Crippen LogP contribution in [-0.2, 0) is 13.0 Å². The summed E-state index contributed by atoms with van der Waals surface area (Å²) in [7, 11) is 0. The van der Waals surface area contributed by atoms with Gasteiger partial charge in [-0.2, -0.15) is 0 Å². The summed E-state index contributed by atoms with van der Waals surface area (Å²) in [6.07, 6.45) is 4.55. The smallest absolute Gasteiger partial charge is 0.160 e. The summed E-state index contributed by atoms with van der Waals surface area (Å²) in [5.74, 6) is 1.04. The lowest BCUT2D eigenvalue weighted by Crippen LogP contribution is -2.07. The monoisotopic (exact) mass is 320 g/mol. The summed E-state index contributed by atoms with van der Waals surface area (Å²) in [5, 5.41) is 2.71. The van der Waals surface area contributed by atoms with Gasteiger partial charge in [0.2, 0.25) is 0 Å². The number of thiophene rings is 1. The van der Waals surface area contributed by atoms with E-state index >= 15 is 0 Å². The molecule has 3 heterocycles. The predicted octanol–water partition coefficient (Wildman–Crippen LogP) is 3.48. The minimum Gasteiger partial charge on any atom is -0.330 e. The molecule has 0 aliphatic rings. The quantitative estimate of drug-likeness (QED) is 0.707. The molecule has 3 aromatic rings. The summed E-state index contributed by atoms with van der Waals surface area (Å²) in [4.78, 5) is 10.5. The SMILES string of the molecule is NCCCCn1c(Cc2cccs2)nc2cc(Cl)cnc21. The second-order valence-electron chi connectivity index (χ2n) is 4.93. The third-order valence-corrected chi connectivity index (χ3v) is 4.46. The van der Waals surface area contributed by atoms with E-state index in [0.717, 1.165) is 42.8 Å². The number of rotatable bonds is 6. The van der Waals surface area contributed by atoms with Gasteiger partial charge in [0.15, 0.2) is 5.65 Å². The van der Waals surface area contributed by atoms with Crippen LogP contribution in [0.2, 0.25) is 5.02 Å². The zero-order valence-corrected chi connectivity index (χ0v) is 13.2. The van der Waals surface area contributed by atoms with Gasteiger partial charge < -0.3 is 10.3 Å². The molecule has 110 valence electrons. The highest BCUT2D eigenvalue weighted by Gasteiger charge is 2.13. The molecule has 0 aromatic carbocycles. The van der Waals surface area contributed by atoms with Gasteiger partial charge in [-0.25, -0.2) is 9.97 Å². The summed E-state index contributed by atoms with van der Waals surface area (Å²) in [6, 6.07) is 6.08. The van der Waals surface area contributed by atoms with Crippen molar-refractivity contribution in [3.05, 3.63) is 45.5 Å². The van der Waals surface area contributed by atoms with E-state index in [4.69, 9.17) is 22.3 Å². The molecular weight excluding hydrogens is 304 g/mol. The third-order valence-electron chi connectivity index (χ3n) is 3.38. The Morgan fingerprint density at radius 3 is 3.00 bits per heavy atom. The fourth-order valence-corrected chi connectivity index (χ4v) is 3.24. The van der Waals surface area contributed by atoms with Gasteiger partial charge >= 0.3 is 0 Å². The highest BCUT2D eigenvalue weighted by Crippen LogP contribution is 2.22. The van der Waals surface area contributed by atoms with Gasteiger partial charge in [-0.1, -0.05) is 17.7 Å². The van der Waals surface area contributed by atoms with Gasteiger partial charge in [0.05, 0.1) is 5.02 Å². The summed E-state index contributed by atoms with van der Waals surface area (Å²) >= 11 is 7.77. The second-order valence-corrected chi connectivity index (χ2v) is 6.40. The van der Waals surface area contributed by atoms with E-state index in [0.29, 0.717) is 11.6 Å². The Kier molecular flexibility index (Phi) is 4.53. The van der Waals surface area contributed by atoms with Crippen LogP contribution in [0.25, 0.3) is 11.2 Å². The van der Waals surface area contributed by atoms with E-state index in [1.807, 2.05) is 6.07 Å². The number of unbranched alkanes of at least 4 members (excludes halogenated alkanes) is 1. The van der Waals surface area contributed by atoms with Crippen molar-refractivity contribution < 1.29 is 0 Å². The Balaban J connectivity index is 1.97. The number of hydrogen-bond donors (Lipinski definition) is 1. The minimum atomic E-state index is 0.622. The number of hydrogen-bond acceptors (Lipinski definition) is 4. The first-order chi connectivity index (χ1) is 10.3. The van der Waals surface area contributed by atoms with E-state index in [-0.39, 0.29) is 0 Å². The fraction of sp³-hybridized carbons (Fsp3) is 0.333. The Morgan fingerprint density at radius 1 is 1.33 bits per heavy atom. The van der Waals surface area contributed by atoms with Crippen LogP contribution in [0.5, 0.6) is 0 Å². The number of nitrogens with two attached hydrogens (primary N) is 1. The van der Waals surface area contributed by atoms with E-state index in [9.17, 15) is 0 Å². The number of aromatic nitrogens is 3. The first-order valence-electron chi connectivity index (χ1n) is 7.01. The van der Waals surface area contributed by atoms with Gasteiger partial charge in [0, 0.05) is 24.0 Å². The van der Waals surface area contributed by atoms with Crippen LogP contribution in [-0.4, -0.2) is 21.1 Å². The summed E-state index contributed by atoms with van der Waals surface area (Å²) in [6.45, 7) is 1.61. The lowest BCUT2D eigenvalue weighted by Gasteiger charge is -2.07. The van der Waals surface area contributed by atoms with Crippen molar-refractivity contribution in [2.24, 2.45) is 5.73 Å². The molecule has 6 heteroatoms. The molecule has 0 fully saturated rings. The van der Waals surface area contributed by atoms with Crippen LogP contribution in [0.3, 0.4) is 0 Å². The van der Waals surface area contributed by atoms with E-state index < -0.39 is 0 Å². The highest BCUT2D eigenvalue weighted by atomic mass is 35.5. The number of fused-ring (bicyclic) bond motifs is 1. The molecule has 3 aromatic heterocycles. The Morgan fingerprint density at radius 2 is 2.24 bits per heavy atom. The normalized spacial score (nSPS) is 11.3. The standard InChI is InChI=1S/C15H17ClN4S/c16-11-8-13-15(18-10-11)20(6-2-1-5-17)14(19-13)9-12-4-3-7-21-12/h3-4,7-8,10H,1-2,5-6,9,17H2. The van der Waals surface area contributed by atoms with E-state index in [2.05, 4.69) is 27.1 Å². The first kappa shape index (κ1) is 14.5. The van der Waals surface area contributed by atoms with E-state index in [1.165, 1.54) is 4.88 Å². The maximum absolute atomic E-state index is 6.02. The average Bonchev–Trinajstić information content (AvgIpc) is 3.08. The number of nitrogens with zero attached hydrogens (tertiary/aromatic N) is 3. The van der Waals surface area contributed by atoms with Crippen LogP contribution in [0.1, 0.15) is 23.5 Å². The molecule has 0 aliphatic carbocycles. The molecule has 0 radical (unpaired) electrons. The minimum absolute atomic E-state index is 0.622. The molecule has 0 spiro atoms. The second kappa shape index (κ2) is 6.56. The highest BCUT2D eigenvalue weighted by molar-refractivity contribution is 7.09. The molecule has 0 bridgehead atoms. The lowest BCUT2D eigenvalue weighted by atomic mass is 10.3. The van der Waals surface area contributed by atoms with Gasteiger partial charge in [0.1, 0.15) is 11.3 Å². The van der Waals surface area contributed by atoms with Gasteiger partial charge in [0.25, 0.3) is 0 Å². The molecule has 0 saturated heterocycles. The third kappa shape index (κ3) is 3.26. The molecule has 0 aliphatic heterocycles. The molecule has 0 atom stereocenters. The zero-order chi connectivity index (χ0) is 14.7. The Labute approximate surface area is 132 Å². The Bertz CT molecular complexity index is 721. The molecule has 21 heavy (non-hydrogen) atoms. The molecule has 2 N–H and O–H groups in total. The number of pyridine rings is 1. The molecule has 0 saturated carbocycles. The van der Waals surface area contributed by atoms with Crippen LogP contribution in [0.4, 0.5) is 0 Å². The Hall–Kier alpha value is -1.43. The van der Waals surface area contributed by atoms with Crippen LogP contribution in [0.15, 0.2) is 29.8 Å². The topological polar surface area (TPSA) is 56.7 Å². The van der Waals surface area contributed by atoms with E-state index in [1.54, 1.807) is 17.5 Å². The molecule has 0 amide bonds. The van der Waals surface area contributed by atoms with Crippen LogP contribution >= 0.6 is 22.9 Å². The number of halogens is 1. The van der Waals surface area contributed by atoms with Crippen molar-refractivity contribution in [2.75, 3.05) is 6.54 Å². The maximum atomic E-state index is 6.02. The average molecular weight is 321 g/mol. The zero-order valence-electron chi connectivity index (χ0n) is 11.6. The predicted molar refractivity (Wildman–Crippen MR) is 88.0 cm³/mol.